The smallest absolute Gasteiger partial charge is 0.264 e. The van der Waals surface area contributed by atoms with Crippen molar-refractivity contribution in [3.8, 4) is 5.75 Å². The van der Waals surface area contributed by atoms with Crippen molar-refractivity contribution >= 4 is 62.9 Å². The van der Waals surface area contributed by atoms with Gasteiger partial charge in [0.05, 0.1) is 28.8 Å². The van der Waals surface area contributed by atoms with Crippen molar-refractivity contribution in [1.29, 1.82) is 0 Å². The number of likely N-dealkylation sites (tertiary alicyclic amines) is 1. The summed E-state index contributed by atoms with van der Waals surface area (Å²) < 4.78 is 35.0. The van der Waals surface area contributed by atoms with Crippen LogP contribution in [-0.2, 0) is 16.6 Å². The average Bonchev–Trinajstić information content (AvgIpc) is 2.87. The minimum Gasteiger partial charge on any atom is -0.493 e. The maximum Gasteiger partial charge on any atom is 0.264 e. The molecule has 0 aromatic heterocycles. The lowest BCUT2D eigenvalue weighted by molar-refractivity contribution is 0.204. The Balaban J connectivity index is 0.00000380. The zero-order valence-electron chi connectivity index (χ0n) is 20.3. The van der Waals surface area contributed by atoms with Crippen LogP contribution in [0.25, 0.3) is 0 Å². The van der Waals surface area contributed by atoms with Crippen LogP contribution in [0.5, 0.6) is 5.75 Å². The van der Waals surface area contributed by atoms with E-state index in [2.05, 4.69) is 4.90 Å². The number of nitrogens with zero attached hydrogens (tertiary/aromatic N) is 2. The third-order valence-electron chi connectivity index (χ3n) is 6.19. The summed E-state index contributed by atoms with van der Waals surface area (Å²) in [7, 11) is -3.98. The highest BCUT2D eigenvalue weighted by Crippen LogP contribution is 2.35. The minimum atomic E-state index is -3.98. The van der Waals surface area contributed by atoms with Gasteiger partial charge in [-0.3, -0.25) is 4.31 Å². The number of hydrogen-bond acceptors (Lipinski definition) is 4. The van der Waals surface area contributed by atoms with Gasteiger partial charge in [0.2, 0.25) is 0 Å². The van der Waals surface area contributed by atoms with Crippen LogP contribution in [0, 0.1) is 0 Å². The molecule has 3 aromatic rings. The Bertz CT molecular complexity index is 1270. The molecule has 200 valence electrons. The van der Waals surface area contributed by atoms with Gasteiger partial charge < -0.3 is 9.64 Å². The second-order valence-corrected chi connectivity index (χ2v) is 11.9. The Morgan fingerprint density at radius 2 is 1.54 bits per heavy atom. The largest absolute Gasteiger partial charge is 0.493 e. The van der Waals surface area contributed by atoms with Gasteiger partial charge in [-0.2, -0.15) is 0 Å². The Kier molecular flexibility index (Phi) is 11.2. The maximum atomic E-state index is 13.8. The first-order valence-electron chi connectivity index (χ1n) is 12.0. The standard InChI is InChI=1S/C27H29Cl3N2O3S.ClH/c28-22-9-12-24(13-10-22)36(33,34)32(26-14-11-23(29)19-25(26)30)20-21-7-2-3-8-27(21)35-18-6-17-31-15-4-1-5-16-31;/h2-3,7-14,19H,1,4-6,15-18,20H2;1H. The number of para-hydroxylation sites is 1. The van der Waals surface area contributed by atoms with Crippen molar-refractivity contribution < 1.29 is 13.2 Å². The zero-order valence-corrected chi connectivity index (χ0v) is 24.2. The number of ether oxygens (including phenoxy) is 1. The van der Waals surface area contributed by atoms with Gasteiger partial charge >= 0.3 is 0 Å². The highest BCUT2D eigenvalue weighted by Gasteiger charge is 2.28. The second kappa shape index (κ2) is 13.9. The van der Waals surface area contributed by atoms with Crippen LogP contribution in [0.4, 0.5) is 5.69 Å². The van der Waals surface area contributed by atoms with Crippen molar-refractivity contribution in [3.63, 3.8) is 0 Å². The fourth-order valence-electron chi connectivity index (χ4n) is 4.30. The first-order valence-corrected chi connectivity index (χ1v) is 14.6. The second-order valence-electron chi connectivity index (χ2n) is 8.77. The van der Waals surface area contributed by atoms with Gasteiger partial charge in [-0.05, 0) is 80.9 Å². The average molecular weight is 604 g/mol. The van der Waals surface area contributed by atoms with Crippen LogP contribution in [0.3, 0.4) is 0 Å². The Morgan fingerprint density at radius 3 is 2.24 bits per heavy atom. The topological polar surface area (TPSA) is 49.9 Å². The predicted molar refractivity (Wildman–Crippen MR) is 155 cm³/mol. The number of anilines is 1. The SMILES string of the molecule is Cl.O=S(=O)(c1ccc(Cl)cc1)N(Cc1ccccc1OCCCN1CCCCC1)c1ccc(Cl)cc1Cl. The quantitative estimate of drug-likeness (QED) is 0.223. The van der Waals surface area contributed by atoms with Crippen molar-refractivity contribution in [2.75, 3.05) is 30.5 Å². The molecule has 0 unspecified atom stereocenters. The molecular formula is C27H30Cl4N2O3S. The monoisotopic (exact) mass is 602 g/mol. The molecule has 0 spiro atoms. The van der Waals surface area contributed by atoms with Gasteiger partial charge in [0.15, 0.2) is 0 Å². The lowest BCUT2D eigenvalue weighted by atomic mass is 10.1. The number of halogens is 4. The lowest BCUT2D eigenvalue weighted by Crippen LogP contribution is -2.31. The summed E-state index contributed by atoms with van der Waals surface area (Å²) >= 11 is 18.6. The van der Waals surface area contributed by atoms with E-state index in [9.17, 15) is 8.42 Å². The van der Waals surface area contributed by atoms with Crippen molar-refractivity contribution in [1.82, 2.24) is 4.90 Å². The van der Waals surface area contributed by atoms with E-state index in [0.29, 0.717) is 28.1 Å². The predicted octanol–water partition coefficient (Wildman–Crippen LogP) is 7.72. The summed E-state index contributed by atoms with van der Waals surface area (Å²) in [6.07, 6.45) is 4.74. The number of hydrogen-bond donors (Lipinski definition) is 0. The summed E-state index contributed by atoms with van der Waals surface area (Å²) in [5, 5.41) is 1.11. The van der Waals surface area contributed by atoms with Crippen LogP contribution < -0.4 is 9.04 Å². The maximum absolute atomic E-state index is 13.8. The fraction of sp³-hybridized carbons (Fsp3) is 0.333. The van der Waals surface area contributed by atoms with E-state index in [1.165, 1.54) is 41.8 Å². The molecule has 0 atom stereocenters. The summed E-state index contributed by atoms with van der Waals surface area (Å²) in [5.74, 6) is 0.650. The zero-order chi connectivity index (χ0) is 25.5. The molecule has 1 heterocycles. The van der Waals surface area contributed by atoms with Gasteiger partial charge in [0.1, 0.15) is 5.75 Å². The third kappa shape index (κ3) is 7.92. The molecule has 10 heteroatoms. The lowest BCUT2D eigenvalue weighted by Gasteiger charge is -2.27. The Morgan fingerprint density at radius 1 is 0.865 bits per heavy atom. The normalized spacial score (nSPS) is 14.1. The minimum absolute atomic E-state index is 0. The first kappa shape index (κ1) is 29.9. The van der Waals surface area contributed by atoms with E-state index in [-0.39, 0.29) is 28.9 Å². The molecule has 0 bridgehead atoms. The first-order chi connectivity index (χ1) is 17.3. The van der Waals surface area contributed by atoms with Crippen molar-refractivity contribution in [2.24, 2.45) is 0 Å². The Labute approximate surface area is 240 Å². The molecule has 0 aliphatic carbocycles. The molecule has 0 radical (unpaired) electrons. The van der Waals surface area contributed by atoms with E-state index < -0.39 is 10.0 Å². The van der Waals surface area contributed by atoms with Crippen LogP contribution in [0.15, 0.2) is 71.6 Å². The van der Waals surface area contributed by atoms with Crippen LogP contribution in [0.1, 0.15) is 31.2 Å². The van der Waals surface area contributed by atoms with E-state index in [1.807, 2.05) is 24.3 Å². The molecule has 1 saturated heterocycles. The van der Waals surface area contributed by atoms with Crippen LogP contribution in [0.2, 0.25) is 15.1 Å². The summed E-state index contributed by atoms with van der Waals surface area (Å²) in [6, 6.07) is 18.3. The van der Waals surface area contributed by atoms with E-state index in [1.54, 1.807) is 24.3 Å². The number of benzene rings is 3. The highest BCUT2D eigenvalue weighted by atomic mass is 35.5. The third-order valence-corrected chi connectivity index (χ3v) is 8.76. The molecule has 4 rings (SSSR count). The van der Waals surface area contributed by atoms with Gasteiger partial charge in [0.25, 0.3) is 10.0 Å². The summed E-state index contributed by atoms with van der Waals surface area (Å²) in [4.78, 5) is 2.58. The highest BCUT2D eigenvalue weighted by molar-refractivity contribution is 7.92. The fourth-order valence-corrected chi connectivity index (χ4v) is 6.45. The molecule has 1 aliphatic heterocycles. The number of sulfonamides is 1. The van der Waals surface area contributed by atoms with Crippen LogP contribution >= 0.6 is 47.2 Å². The van der Waals surface area contributed by atoms with Crippen molar-refractivity contribution in [3.05, 3.63) is 87.4 Å². The van der Waals surface area contributed by atoms with Gasteiger partial charge in [0, 0.05) is 22.2 Å². The molecule has 37 heavy (non-hydrogen) atoms. The van der Waals surface area contributed by atoms with Gasteiger partial charge in [-0.25, -0.2) is 8.42 Å². The number of rotatable bonds is 10. The molecule has 0 amide bonds. The molecule has 0 saturated carbocycles. The molecule has 3 aromatic carbocycles. The van der Waals surface area contributed by atoms with Crippen molar-refractivity contribution in [2.45, 2.75) is 37.1 Å². The molecule has 1 aliphatic rings. The van der Waals surface area contributed by atoms with Gasteiger partial charge in [-0.1, -0.05) is 59.4 Å². The summed E-state index contributed by atoms with van der Waals surface area (Å²) in [5.41, 5.74) is 1.06. The van der Waals surface area contributed by atoms with Gasteiger partial charge in [-0.15, -0.1) is 12.4 Å². The molecule has 5 nitrogen and oxygen atoms in total. The van der Waals surface area contributed by atoms with E-state index >= 15 is 0 Å². The van der Waals surface area contributed by atoms with Crippen LogP contribution in [-0.4, -0.2) is 39.6 Å². The van der Waals surface area contributed by atoms with E-state index in [4.69, 9.17) is 39.5 Å². The Hall–Kier alpha value is -1.67. The summed E-state index contributed by atoms with van der Waals surface area (Å²) in [6.45, 7) is 3.89. The molecule has 1 fully saturated rings. The molecular weight excluding hydrogens is 574 g/mol. The van der Waals surface area contributed by atoms with E-state index in [0.717, 1.165) is 31.6 Å². The number of piperidine rings is 1. The molecule has 0 N–H and O–H groups in total.